The number of para-hydroxylation sites is 1. The van der Waals surface area contributed by atoms with Crippen LogP contribution in [0.3, 0.4) is 0 Å². The van der Waals surface area contributed by atoms with Crippen LogP contribution in [0.2, 0.25) is 0 Å². The van der Waals surface area contributed by atoms with Crippen LogP contribution >= 0.6 is 22.7 Å². The van der Waals surface area contributed by atoms with Crippen molar-refractivity contribution in [3.05, 3.63) is 188 Å². The van der Waals surface area contributed by atoms with Gasteiger partial charge in [-0.05, 0) is 75.8 Å². The maximum absolute atomic E-state index is 10.2. The van der Waals surface area contributed by atoms with Gasteiger partial charge in [0.2, 0.25) is 0 Å². The summed E-state index contributed by atoms with van der Waals surface area (Å²) in [6.07, 6.45) is 0. The minimum Gasteiger partial charge on any atom is -0.309 e. The highest BCUT2D eigenvalue weighted by Crippen LogP contribution is 2.48. The van der Waals surface area contributed by atoms with Crippen molar-refractivity contribution in [2.24, 2.45) is 0 Å². The second kappa shape index (κ2) is 12.4. The fourth-order valence-electron chi connectivity index (χ4n) is 7.28. The predicted octanol–water partition coefficient (Wildman–Crippen LogP) is 14.9. The van der Waals surface area contributed by atoms with Gasteiger partial charge in [0.1, 0.15) is 0 Å². The van der Waals surface area contributed by atoms with Crippen LogP contribution < -0.4 is 4.90 Å². The molecule has 10 aromatic rings. The maximum atomic E-state index is 10.2. The lowest BCUT2D eigenvalue weighted by Crippen LogP contribution is -2.10. The third-order valence-electron chi connectivity index (χ3n) is 9.64. The number of hydrogen-bond acceptors (Lipinski definition) is 3. The number of rotatable bonds is 6. The molecule has 1 nitrogen and oxygen atoms in total. The Morgan fingerprint density at radius 1 is 0.373 bits per heavy atom. The largest absolute Gasteiger partial charge is 0.309 e. The normalized spacial score (nSPS) is 12.1. The summed E-state index contributed by atoms with van der Waals surface area (Å²) < 4.78 is 24.8. The van der Waals surface area contributed by atoms with E-state index in [1.54, 1.807) is 22.7 Å². The maximum Gasteiger partial charge on any atom is 0.0651 e. The van der Waals surface area contributed by atoms with E-state index in [0.717, 1.165) is 43.0 Å². The third-order valence-corrected chi connectivity index (χ3v) is 12.1. The molecule has 2 aromatic heterocycles. The van der Waals surface area contributed by atoms with Crippen LogP contribution in [0.5, 0.6) is 0 Å². The van der Waals surface area contributed by atoms with Gasteiger partial charge >= 0.3 is 0 Å². The standard InChI is InChI=1S/C48H31NS2/c1-4-15-32(16-5-1)34-29-35(39-23-13-25-43-42-24-12-22-38(46(42)51-47(39)43)33-17-6-2-7-18-33)31-37(30-34)49(36-19-8-3-9-20-36)44-27-14-26-41-40-21-10-11-28-45(40)50-48(41)44/h1-31H/i30D,31D. The molecular formula is C48H31NS2. The first-order chi connectivity index (χ1) is 26.2. The molecule has 0 aliphatic heterocycles. The van der Waals surface area contributed by atoms with Crippen LogP contribution in [0.15, 0.2) is 188 Å². The van der Waals surface area contributed by atoms with Gasteiger partial charge in [-0.1, -0.05) is 146 Å². The van der Waals surface area contributed by atoms with E-state index in [4.69, 9.17) is 0 Å². The fourth-order valence-corrected chi connectivity index (χ4v) is 9.85. The van der Waals surface area contributed by atoms with Crippen LogP contribution in [-0.4, -0.2) is 0 Å². The summed E-state index contributed by atoms with van der Waals surface area (Å²) in [7, 11) is 0. The molecule has 0 bridgehead atoms. The number of benzene rings is 8. The van der Waals surface area contributed by atoms with Crippen molar-refractivity contribution < 1.29 is 2.74 Å². The zero-order valence-corrected chi connectivity index (χ0v) is 29.1. The van der Waals surface area contributed by atoms with Crippen LogP contribution in [0.4, 0.5) is 17.1 Å². The lowest BCUT2D eigenvalue weighted by Gasteiger charge is -2.27. The molecule has 0 N–H and O–H groups in total. The van der Waals surface area contributed by atoms with Gasteiger partial charge in [0.05, 0.1) is 13.1 Å². The smallest absolute Gasteiger partial charge is 0.0651 e. The first-order valence-electron chi connectivity index (χ1n) is 18.1. The highest BCUT2D eigenvalue weighted by Gasteiger charge is 2.21. The lowest BCUT2D eigenvalue weighted by molar-refractivity contribution is 1.30. The van der Waals surface area contributed by atoms with E-state index in [9.17, 15) is 2.74 Å². The van der Waals surface area contributed by atoms with Gasteiger partial charge in [0.25, 0.3) is 0 Å². The van der Waals surface area contributed by atoms with E-state index in [0.29, 0.717) is 17.8 Å². The Morgan fingerprint density at radius 3 is 1.61 bits per heavy atom. The topological polar surface area (TPSA) is 3.24 Å². The first-order valence-corrected chi connectivity index (χ1v) is 18.7. The Morgan fingerprint density at radius 2 is 0.902 bits per heavy atom. The van der Waals surface area contributed by atoms with Crippen molar-refractivity contribution in [2.45, 2.75) is 0 Å². The number of anilines is 3. The summed E-state index contributed by atoms with van der Waals surface area (Å²) >= 11 is 3.55. The first kappa shape index (κ1) is 27.8. The van der Waals surface area contributed by atoms with Crippen molar-refractivity contribution in [3.8, 4) is 33.4 Å². The second-order valence-corrected chi connectivity index (χ2v) is 14.8. The molecule has 2 heterocycles. The lowest BCUT2D eigenvalue weighted by atomic mass is 9.96. The zero-order chi connectivity index (χ0) is 35.5. The number of fused-ring (bicyclic) bond motifs is 6. The van der Waals surface area contributed by atoms with Gasteiger partial charge in [-0.3, -0.25) is 0 Å². The van der Waals surface area contributed by atoms with E-state index in [1.165, 1.54) is 42.1 Å². The fraction of sp³-hybridized carbons (Fsp3) is 0. The molecule has 3 heteroatoms. The molecule has 0 unspecified atom stereocenters. The molecule has 10 rings (SSSR count). The van der Waals surface area contributed by atoms with E-state index < -0.39 is 0 Å². The van der Waals surface area contributed by atoms with E-state index >= 15 is 0 Å². The minimum atomic E-state index is 0.321. The summed E-state index contributed by atoms with van der Waals surface area (Å²) in [5, 5.41) is 4.77. The third kappa shape index (κ3) is 5.13. The summed E-state index contributed by atoms with van der Waals surface area (Å²) in [6.45, 7) is 0. The highest BCUT2D eigenvalue weighted by atomic mass is 32.1. The minimum absolute atomic E-state index is 0.321. The Bertz CT molecular complexity index is 2970. The molecule has 0 atom stereocenters. The highest BCUT2D eigenvalue weighted by molar-refractivity contribution is 7.27. The van der Waals surface area contributed by atoms with Crippen molar-refractivity contribution in [1.82, 2.24) is 0 Å². The van der Waals surface area contributed by atoms with Crippen LogP contribution in [0.1, 0.15) is 2.74 Å². The predicted molar refractivity (Wildman–Crippen MR) is 223 cm³/mol. The van der Waals surface area contributed by atoms with Gasteiger partial charge < -0.3 is 4.90 Å². The molecule has 0 fully saturated rings. The summed E-state index contributed by atoms with van der Waals surface area (Å²) in [5.41, 5.74) is 8.36. The summed E-state index contributed by atoms with van der Waals surface area (Å²) in [6, 6.07) is 61.7. The van der Waals surface area contributed by atoms with Crippen molar-refractivity contribution in [2.75, 3.05) is 4.90 Å². The number of nitrogens with zero attached hydrogens (tertiary/aromatic N) is 1. The quantitative estimate of drug-likeness (QED) is 0.168. The summed E-state index contributed by atoms with van der Waals surface area (Å²) in [4.78, 5) is 2.15. The molecule has 0 radical (unpaired) electrons. The van der Waals surface area contributed by atoms with E-state index in [2.05, 4.69) is 144 Å². The molecule has 0 spiro atoms. The monoisotopic (exact) mass is 687 g/mol. The van der Waals surface area contributed by atoms with Crippen LogP contribution in [0, 0.1) is 0 Å². The molecule has 0 saturated carbocycles. The molecule has 0 saturated heterocycles. The summed E-state index contributed by atoms with van der Waals surface area (Å²) in [5.74, 6) is 0. The number of thiophene rings is 2. The average Bonchev–Trinajstić information content (AvgIpc) is 3.80. The van der Waals surface area contributed by atoms with Crippen LogP contribution in [0.25, 0.3) is 73.7 Å². The second-order valence-electron chi connectivity index (χ2n) is 12.7. The van der Waals surface area contributed by atoms with Crippen LogP contribution in [-0.2, 0) is 0 Å². The van der Waals surface area contributed by atoms with Crippen molar-refractivity contribution >= 4 is 80.1 Å². The molecule has 0 amide bonds. The molecule has 0 aliphatic carbocycles. The SMILES string of the molecule is [2H]c1c(-c2ccccc2)cc(-c2cccc3c2sc2c(-c4ccccc4)cccc23)c([2H])c1N(c1ccccc1)c1cccc2c1sc1ccccc12. The van der Waals surface area contributed by atoms with Crippen molar-refractivity contribution in [3.63, 3.8) is 0 Å². The molecule has 8 aromatic carbocycles. The van der Waals surface area contributed by atoms with Crippen molar-refractivity contribution in [1.29, 1.82) is 0 Å². The zero-order valence-electron chi connectivity index (χ0n) is 29.5. The van der Waals surface area contributed by atoms with Gasteiger partial charge in [0, 0.05) is 47.0 Å². The van der Waals surface area contributed by atoms with Gasteiger partial charge in [-0.15, -0.1) is 22.7 Å². The Kier molecular flexibility index (Phi) is 6.75. The van der Waals surface area contributed by atoms with Gasteiger partial charge in [-0.25, -0.2) is 0 Å². The average molecular weight is 688 g/mol. The van der Waals surface area contributed by atoms with E-state index in [-0.39, 0.29) is 0 Å². The Balaban J connectivity index is 1.29. The molecular weight excluding hydrogens is 655 g/mol. The molecule has 51 heavy (non-hydrogen) atoms. The Hall–Kier alpha value is -6.00. The van der Waals surface area contributed by atoms with Gasteiger partial charge in [0.15, 0.2) is 0 Å². The van der Waals surface area contributed by atoms with E-state index in [1.807, 2.05) is 36.4 Å². The molecule has 240 valence electrons. The number of hydrogen-bond donors (Lipinski definition) is 0. The molecule has 0 aliphatic rings. The van der Waals surface area contributed by atoms with Gasteiger partial charge in [-0.2, -0.15) is 0 Å². The Labute approximate surface area is 307 Å².